The molecule has 2 atom stereocenters. The third-order valence-electron chi connectivity index (χ3n) is 5.88. The Morgan fingerprint density at radius 2 is 1.83 bits per heavy atom. The summed E-state index contributed by atoms with van der Waals surface area (Å²) in [5.74, 6) is -0.101. The van der Waals surface area contributed by atoms with Gasteiger partial charge in [-0.1, -0.05) is 27.7 Å². The predicted octanol–water partition coefficient (Wildman–Crippen LogP) is 1.59. The Hall–Kier alpha value is -0.500. The van der Waals surface area contributed by atoms with Crippen molar-refractivity contribution in [2.45, 2.75) is 47.0 Å². The summed E-state index contributed by atoms with van der Waals surface area (Å²) in [7, 11) is -4.08. The average Bonchev–Trinajstić information content (AvgIpc) is 2.77. The van der Waals surface area contributed by atoms with Gasteiger partial charge in [-0.25, -0.2) is 0 Å². The molecule has 2 bridgehead atoms. The zero-order valence-corrected chi connectivity index (χ0v) is 15.5. The van der Waals surface area contributed by atoms with Crippen LogP contribution in [0.4, 0.5) is 0 Å². The lowest BCUT2D eigenvalue weighted by Gasteiger charge is -2.35. The number of aliphatic hydroxyl groups is 1. The summed E-state index contributed by atoms with van der Waals surface area (Å²) in [5.41, 5.74) is -1.12. The topological polar surface area (TPSA) is 94.9 Å². The number of carbonyl (C=O) groups excluding carboxylic acids is 1. The molecular weight excluding hydrogens is 318 g/mol. The normalized spacial score (nSPS) is 28.8. The van der Waals surface area contributed by atoms with Crippen LogP contribution in [-0.2, 0) is 14.9 Å². The standard InChI is InChI=1S/C10H16O4S.C6H15NO/c1-9(2)7-3-4-10(9,8(11)5-7)6-15(12,13)14;1-3-7(4-2)5-6-8/h7H,3-6H2,1-2H3,(H,12,13,14);8H,3-6H2,1-2H3. The first-order valence-electron chi connectivity index (χ1n) is 8.35. The van der Waals surface area contributed by atoms with E-state index in [2.05, 4.69) is 18.7 Å². The molecule has 2 saturated carbocycles. The fraction of sp³-hybridized carbons (Fsp3) is 0.938. The minimum Gasteiger partial charge on any atom is -0.395 e. The number of likely N-dealkylation sites (N-methyl/N-ethyl adjacent to an activating group) is 1. The zero-order chi connectivity index (χ0) is 17.9. The van der Waals surface area contributed by atoms with Crippen LogP contribution >= 0.6 is 0 Å². The van der Waals surface area contributed by atoms with Crippen LogP contribution < -0.4 is 0 Å². The van der Waals surface area contributed by atoms with Crippen molar-refractivity contribution in [3.05, 3.63) is 0 Å². The quantitative estimate of drug-likeness (QED) is 0.707. The van der Waals surface area contributed by atoms with Gasteiger partial charge in [0.05, 0.1) is 17.8 Å². The maximum Gasteiger partial charge on any atom is 0.265 e. The van der Waals surface area contributed by atoms with Crippen molar-refractivity contribution >= 4 is 15.9 Å². The molecule has 0 saturated heterocycles. The molecule has 0 heterocycles. The number of hydrogen-bond acceptors (Lipinski definition) is 5. The van der Waals surface area contributed by atoms with E-state index in [1.54, 1.807) is 0 Å². The Labute approximate surface area is 140 Å². The average molecular weight is 349 g/mol. The van der Waals surface area contributed by atoms with Gasteiger partial charge in [0.2, 0.25) is 0 Å². The Morgan fingerprint density at radius 1 is 1.26 bits per heavy atom. The van der Waals surface area contributed by atoms with Gasteiger partial charge < -0.3 is 10.0 Å². The zero-order valence-electron chi connectivity index (χ0n) is 14.7. The molecular formula is C16H31NO5S. The van der Waals surface area contributed by atoms with Gasteiger partial charge in [0.1, 0.15) is 5.78 Å². The van der Waals surface area contributed by atoms with E-state index in [9.17, 15) is 13.2 Å². The predicted molar refractivity (Wildman–Crippen MR) is 89.9 cm³/mol. The second-order valence-corrected chi connectivity index (χ2v) is 8.60. The number of aliphatic hydroxyl groups excluding tert-OH is 1. The lowest BCUT2D eigenvalue weighted by atomic mass is 9.70. The van der Waals surface area contributed by atoms with Gasteiger partial charge in [0.15, 0.2) is 0 Å². The summed E-state index contributed by atoms with van der Waals surface area (Å²) < 4.78 is 31.0. The monoisotopic (exact) mass is 349 g/mol. The molecule has 2 aliphatic rings. The maximum atomic E-state index is 11.9. The molecule has 23 heavy (non-hydrogen) atoms. The van der Waals surface area contributed by atoms with Crippen molar-refractivity contribution in [2.75, 3.05) is 32.0 Å². The molecule has 0 aromatic carbocycles. The highest BCUT2D eigenvalue weighted by Gasteiger charge is 2.65. The highest BCUT2D eigenvalue weighted by Crippen LogP contribution is 2.64. The number of ketones is 1. The summed E-state index contributed by atoms with van der Waals surface area (Å²) in [4.78, 5) is 14.1. The van der Waals surface area contributed by atoms with Crippen LogP contribution in [0.25, 0.3) is 0 Å². The maximum absolute atomic E-state index is 11.9. The van der Waals surface area contributed by atoms with Crippen LogP contribution in [0.3, 0.4) is 0 Å². The smallest absolute Gasteiger partial charge is 0.265 e. The van der Waals surface area contributed by atoms with Gasteiger partial charge in [-0.05, 0) is 37.3 Å². The number of carbonyl (C=O) groups is 1. The third-order valence-corrected chi connectivity index (χ3v) is 6.74. The summed E-state index contributed by atoms with van der Waals surface area (Å²) in [6, 6.07) is 0. The minimum atomic E-state index is -4.08. The number of fused-ring (bicyclic) bond motifs is 2. The van der Waals surface area contributed by atoms with E-state index in [-0.39, 0.29) is 23.7 Å². The fourth-order valence-corrected chi connectivity index (χ4v) is 5.40. The molecule has 0 spiro atoms. The van der Waals surface area contributed by atoms with Crippen molar-refractivity contribution in [2.24, 2.45) is 16.7 Å². The number of Topliss-reactive ketones (excluding diaryl/α,β-unsaturated/α-hetero) is 1. The molecule has 7 heteroatoms. The van der Waals surface area contributed by atoms with Gasteiger partial charge in [0.25, 0.3) is 10.1 Å². The molecule has 0 amide bonds. The van der Waals surface area contributed by atoms with Crippen molar-refractivity contribution in [1.82, 2.24) is 4.90 Å². The SMILES string of the molecule is CC1(C)C2CCC1(CS(=O)(=O)O)C(=O)C2.CCN(CC)CCO. The van der Waals surface area contributed by atoms with Gasteiger partial charge in [-0.15, -0.1) is 0 Å². The lowest BCUT2D eigenvalue weighted by molar-refractivity contribution is -0.128. The van der Waals surface area contributed by atoms with Crippen LogP contribution in [0.5, 0.6) is 0 Å². The lowest BCUT2D eigenvalue weighted by Crippen LogP contribution is -2.42. The van der Waals surface area contributed by atoms with Crippen molar-refractivity contribution in [1.29, 1.82) is 0 Å². The van der Waals surface area contributed by atoms with E-state index in [0.29, 0.717) is 12.8 Å². The molecule has 0 aliphatic heterocycles. The number of rotatable bonds is 6. The molecule has 2 fully saturated rings. The summed E-state index contributed by atoms with van der Waals surface area (Å²) in [6.07, 6.45) is 1.97. The molecule has 2 rings (SSSR count). The Morgan fingerprint density at radius 3 is 2.09 bits per heavy atom. The van der Waals surface area contributed by atoms with Crippen LogP contribution in [-0.4, -0.2) is 60.8 Å². The largest absolute Gasteiger partial charge is 0.395 e. The van der Waals surface area contributed by atoms with Gasteiger partial charge in [0, 0.05) is 13.0 Å². The first kappa shape index (κ1) is 20.5. The Kier molecular flexibility index (Phi) is 6.78. The van der Waals surface area contributed by atoms with Crippen molar-refractivity contribution in [3.63, 3.8) is 0 Å². The molecule has 136 valence electrons. The van der Waals surface area contributed by atoms with Crippen molar-refractivity contribution in [3.8, 4) is 0 Å². The van der Waals surface area contributed by atoms with E-state index in [1.807, 2.05) is 13.8 Å². The van der Waals surface area contributed by atoms with Gasteiger partial charge >= 0.3 is 0 Å². The van der Waals surface area contributed by atoms with Crippen LogP contribution in [0.15, 0.2) is 0 Å². The molecule has 0 radical (unpaired) electrons. The Balaban J connectivity index is 0.000000284. The summed E-state index contributed by atoms with van der Waals surface area (Å²) >= 11 is 0. The second kappa shape index (κ2) is 7.59. The van der Waals surface area contributed by atoms with Crippen LogP contribution in [0.1, 0.15) is 47.0 Å². The minimum absolute atomic E-state index is 0.0152. The van der Waals surface area contributed by atoms with Crippen LogP contribution in [0.2, 0.25) is 0 Å². The molecule has 6 nitrogen and oxygen atoms in total. The summed E-state index contributed by atoms with van der Waals surface area (Å²) in [5, 5.41) is 8.46. The second-order valence-electron chi connectivity index (χ2n) is 7.14. The Bertz CT molecular complexity index is 513. The van der Waals surface area contributed by atoms with E-state index in [0.717, 1.165) is 26.1 Å². The molecule has 2 aliphatic carbocycles. The fourth-order valence-electron chi connectivity index (χ4n) is 4.10. The van der Waals surface area contributed by atoms with Gasteiger partial charge in [-0.2, -0.15) is 8.42 Å². The third kappa shape index (κ3) is 4.32. The van der Waals surface area contributed by atoms with E-state index >= 15 is 0 Å². The van der Waals surface area contributed by atoms with E-state index in [4.69, 9.17) is 9.66 Å². The molecule has 0 aromatic heterocycles. The summed E-state index contributed by atoms with van der Waals surface area (Å²) in [6.45, 7) is 11.3. The van der Waals surface area contributed by atoms with Crippen LogP contribution in [0, 0.1) is 16.7 Å². The van der Waals surface area contributed by atoms with Gasteiger partial charge in [-0.3, -0.25) is 9.35 Å². The first-order chi connectivity index (χ1) is 10.5. The number of hydrogen-bond donors (Lipinski definition) is 2. The molecule has 2 N–H and O–H groups in total. The first-order valence-corrected chi connectivity index (χ1v) is 9.96. The molecule has 2 unspecified atom stereocenters. The molecule has 0 aromatic rings. The van der Waals surface area contributed by atoms with E-state index < -0.39 is 21.3 Å². The highest BCUT2D eigenvalue weighted by molar-refractivity contribution is 7.85. The highest BCUT2D eigenvalue weighted by atomic mass is 32.2. The van der Waals surface area contributed by atoms with Crippen molar-refractivity contribution < 1.29 is 22.9 Å². The number of nitrogens with zero attached hydrogens (tertiary/aromatic N) is 1. The van der Waals surface area contributed by atoms with E-state index in [1.165, 1.54) is 0 Å².